The van der Waals surface area contributed by atoms with Crippen LogP contribution in [-0.4, -0.2) is 11.5 Å². The van der Waals surface area contributed by atoms with Crippen LogP contribution in [0.1, 0.15) is 25.5 Å². The van der Waals surface area contributed by atoms with Gasteiger partial charge in [0.2, 0.25) is 0 Å². The van der Waals surface area contributed by atoms with Crippen LogP contribution in [-0.2, 0) is 6.54 Å². The minimum Gasteiger partial charge on any atom is -0.431 e. The van der Waals surface area contributed by atoms with E-state index < -0.39 is 0 Å². The fourth-order valence-electron chi connectivity index (χ4n) is 1.77. The van der Waals surface area contributed by atoms with Gasteiger partial charge in [-0.3, -0.25) is 4.90 Å². The summed E-state index contributed by atoms with van der Waals surface area (Å²) in [5, 5.41) is 0. The highest BCUT2D eigenvalue weighted by Gasteiger charge is 2.14. The molecule has 1 heterocycles. The van der Waals surface area contributed by atoms with Crippen LogP contribution in [0.15, 0.2) is 41.0 Å². The number of oxazole rings is 1. The minimum atomic E-state index is 0.403. The van der Waals surface area contributed by atoms with Crippen molar-refractivity contribution in [3.05, 3.63) is 42.3 Å². The Balaban J connectivity index is 2.24. The first kappa shape index (κ1) is 12.6. The second-order valence-corrected chi connectivity index (χ2v) is 4.17. The zero-order chi connectivity index (χ0) is 12.8. The molecule has 4 nitrogen and oxygen atoms in total. The summed E-state index contributed by atoms with van der Waals surface area (Å²) in [5.41, 5.74) is 7.43. The van der Waals surface area contributed by atoms with E-state index in [9.17, 15) is 0 Å². The predicted octanol–water partition coefficient (Wildman–Crippen LogP) is 3.07. The summed E-state index contributed by atoms with van der Waals surface area (Å²) < 4.78 is 5.50. The van der Waals surface area contributed by atoms with Crippen LogP contribution < -0.4 is 10.6 Å². The van der Waals surface area contributed by atoms with Crippen LogP contribution >= 0.6 is 0 Å². The molecule has 0 amide bonds. The monoisotopic (exact) mass is 245 g/mol. The maximum Gasteiger partial charge on any atom is 0.302 e. The van der Waals surface area contributed by atoms with Crippen molar-refractivity contribution in [3.8, 4) is 0 Å². The Morgan fingerprint density at radius 3 is 2.67 bits per heavy atom. The van der Waals surface area contributed by atoms with Crippen LogP contribution in [0.2, 0.25) is 0 Å². The Hall–Kier alpha value is -1.81. The molecular formula is C14H19N3O. The largest absolute Gasteiger partial charge is 0.431 e. The average Bonchev–Trinajstić information content (AvgIpc) is 2.89. The molecule has 96 valence electrons. The second-order valence-electron chi connectivity index (χ2n) is 4.17. The standard InChI is InChI=1S/C14H19N3O/c1-2-3-9-17(13-7-5-4-6-8-13)14-16-12(10-15)11-18-14/h4-8,11H,2-3,9-10,15H2,1H3. The number of nitrogens with zero attached hydrogens (tertiary/aromatic N) is 2. The lowest BCUT2D eigenvalue weighted by Gasteiger charge is -2.20. The smallest absolute Gasteiger partial charge is 0.302 e. The zero-order valence-electron chi connectivity index (χ0n) is 10.7. The molecule has 2 N–H and O–H groups in total. The SMILES string of the molecule is CCCCN(c1ccccc1)c1nc(CN)co1. The summed E-state index contributed by atoms with van der Waals surface area (Å²) in [5.74, 6) is 0. The van der Waals surface area contributed by atoms with E-state index in [0.29, 0.717) is 12.6 Å². The quantitative estimate of drug-likeness (QED) is 0.849. The zero-order valence-corrected chi connectivity index (χ0v) is 10.7. The predicted molar refractivity (Wildman–Crippen MR) is 72.8 cm³/mol. The normalized spacial score (nSPS) is 10.6. The Kier molecular flexibility index (Phi) is 4.36. The first-order valence-electron chi connectivity index (χ1n) is 6.32. The van der Waals surface area contributed by atoms with Gasteiger partial charge in [0.15, 0.2) is 0 Å². The molecule has 0 spiro atoms. The van der Waals surface area contributed by atoms with Gasteiger partial charge in [0.1, 0.15) is 6.26 Å². The van der Waals surface area contributed by atoms with Crippen molar-refractivity contribution in [1.29, 1.82) is 0 Å². The summed E-state index contributed by atoms with van der Waals surface area (Å²) in [4.78, 5) is 6.48. The number of anilines is 2. The number of para-hydroxylation sites is 1. The maximum atomic E-state index is 5.56. The van der Waals surface area contributed by atoms with Crippen LogP contribution in [0, 0.1) is 0 Å². The molecule has 1 aromatic heterocycles. The third-order valence-electron chi connectivity index (χ3n) is 2.78. The third kappa shape index (κ3) is 2.90. The topological polar surface area (TPSA) is 55.3 Å². The molecule has 0 aliphatic carbocycles. The molecule has 4 heteroatoms. The number of nitrogens with two attached hydrogens (primary N) is 1. The molecule has 0 saturated carbocycles. The van der Waals surface area contributed by atoms with Crippen LogP contribution in [0.4, 0.5) is 11.7 Å². The number of hydrogen-bond acceptors (Lipinski definition) is 4. The van der Waals surface area contributed by atoms with Crippen molar-refractivity contribution in [2.75, 3.05) is 11.4 Å². The van der Waals surface area contributed by atoms with E-state index in [2.05, 4.69) is 28.9 Å². The van der Waals surface area contributed by atoms with Crippen molar-refractivity contribution in [2.24, 2.45) is 5.73 Å². The Labute approximate surface area is 107 Å². The van der Waals surface area contributed by atoms with E-state index in [1.165, 1.54) is 0 Å². The summed E-state index contributed by atoms with van der Waals surface area (Å²) in [6, 6.07) is 10.8. The number of rotatable bonds is 6. The molecule has 0 atom stereocenters. The fraction of sp³-hybridized carbons (Fsp3) is 0.357. The molecule has 0 bridgehead atoms. The first-order chi connectivity index (χ1) is 8.85. The van der Waals surface area contributed by atoms with Crippen LogP contribution in [0.3, 0.4) is 0 Å². The van der Waals surface area contributed by atoms with Crippen molar-refractivity contribution < 1.29 is 4.42 Å². The fourth-order valence-corrected chi connectivity index (χ4v) is 1.77. The van der Waals surface area contributed by atoms with Crippen molar-refractivity contribution >= 4 is 11.7 Å². The van der Waals surface area contributed by atoms with Gasteiger partial charge in [-0.05, 0) is 18.6 Å². The van der Waals surface area contributed by atoms with E-state index in [1.54, 1.807) is 6.26 Å². The highest BCUT2D eigenvalue weighted by Crippen LogP contribution is 2.24. The van der Waals surface area contributed by atoms with Crippen LogP contribution in [0.5, 0.6) is 0 Å². The van der Waals surface area contributed by atoms with Gasteiger partial charge in [0, 0.05) is 18.8 Å². The van der Waals surface area contributed by atoms with Gasteiger partial charge in [-0.25, -0.2) is 0 Å². The van der Waals surface area contributed by atoms with Gasteiger partial charge in [-0.15, -0.1) is 0 Å². The van der Waals surface area contributed by atoms with Gasteiger partial charge >= 0.3 is 6.01 Å². The molecule has 2 rings (SSSR count). The molecule has 0 saturated heterocycles. The molecule has 0 aliphatic heterocycles. The number of hydrogen-bond donors (Lipinski definition) is 1. The minimum absolute atomic E-state index is 0.403. The lowest BCUT2D eigenvalue weighted by Crippen LogP contribution is -2.18. The van der Waals surface area contributed by atoms with Crippen molar-refractivity contribution in [2.45, 2.75) is 26.3 Å². The van der Waals surface area contributed by atoms with E-state index in [-0.39, 0.29) is 0 Å². The van der Waals surface area contributed by atoms with Crippen LogP contribution in [0.25, 0.3) is 0 Å². The lowest BCUT2D eigenvalue weighted by molar-refractivity contribution is 0.548. The third-order valence-corrected chi connectivity index (χ3v) is 2.78. The van der Waals surface area contributed by atoms with Gasteiger partial charge in [0.05, 0.1) is 5.69 Å². The molecule has 18 heavy (non-hydrogen) atoms. The first-order valence-corrected chi connectivity index (χ1v) is 6.32. The summed E-state index contributed by atoms with van der Waals surface area (Å²) in [7, 11) is 0. The highest BCUT2D eigenvalue weighted by molar-refractivity contribution is 5.55. The Bertz CT molecular complexity index is 467. The van der Waals surface area contributed by atoms with E-state index >= 15 is 0 Å². The van der Waals surface area contributed by atoms with E-state index in [4.69, 9.17) is 10.2 Å². The molecule has 0 aliphatic rings. The van der Waals surface area contributed by atoms with E-state index in [1.807, 2.05) is 18.2 Å². The number of unbranched alkanes of at least 4 members (excludes halogenated alkanes) is 1. The van der Waals surface area contributed by atoms with Gasteiger partial charge in [0.25, 0.3) is 0 Å². The van der Waals surface area contributed by atoms with Gasteiger partial charge < -0.3 is 10.2 Å². The molecular weight excluding hydrogens is 226 g/mol. The summed E-state index contributed by atoms with van der Waals surface area (Å²) in [6.07, 6.45) is 3.85. The molecule has 0 radical (unpaired) electrons. The molecule has 0 unspecified atom stereocenters. The molecule has 2 aromatic rings. The average molecular weight is 245 g/mol. The Morgan fingerprint density at radius 2 is 2.06 bits per heavy atom. The summed E-state index contributed by atoms with van der Waals surface area (Å²) >= 11 is 0. The van der Waals surface area contributed by atoms with Gasteiger partial charge in [-0.1, -0.05) is 31.5 Å². The van der Waals surface area contributed by atoms with Gasteiger partial charge in [-0.2, -0.15) is 4.98 Å². The Morgan fingerprint density at radius 1 is 1.28 bits per heavy atom. The van der Waals surface area contributed by atoms with E-state index in [0.717, 1.165) is 30.8 Å². The second kappa shape index (κ2) is 6.21. The van der Waals surface area contributed by atoms with Crippen molar-refractivity contribution in [1.82, 2.24) is 4.98 Å². The number of benzene rings is 1. The maximum absolute atomic E-state index is 5.56. The number of aromatic nitrogens is 1. The van der Waals surface area contributed by atoms with Crippen molar-refractivity contribution in [3.63, 3.8) is 0 Å². The lowest BCUT2D eigenvalue weighted by atomic mass is 10.2. The molecule has 1 aromatic carbocycles. The summed E-state index contributed by atoms with van der Waals surface area (Å²) in [6.45, 7) is 3.47. The molecule has 0 fully saturated rings. The highest BCUT2D eigenvalue weighted by atomic mass is 16.4.